The molecule has 9 heteroatoms. The number of amides is 2. The summed E-state index contributed by atoms with van der Waals surface area (Å²) in [6.45, 7) is -0.706. The van der Waals surface area contributed by atoms with Crippen LogP contribution in [0.1, 0.15) is 16.7 Å². The molecule has 0 spiro atoms. The number of alkyl halides is 5. The molecule has 0 atom stereocenters. The molecule has 2 aromatic carbocycles. The minimum atomic E-state index is -4.45. The van der Waals surface area contributed by atoms with Crippen LogP contribution in [0.3, 0.4) is 0 Å². The normalized spacial score (nSPS) is 11.3. The van der Waals surface area contributed by atoms with Gasteiger partial charge in [-0.3, -0.25) is 0 Å². The summed E-state index contributed by atoms with van der Waals surface area (Å²) in [6, 6.07) is 10.4. The lowest BCUT2D eigenvalue weighted by Gasteiger charge is -2.11. The van der Waals surface area contributed by atoms with Crippen molar-refractivity contribution >= 4 is 6.03 Å². The van der Waals surface area contributed by atoms with Gasteiger partial charge >= 0.3 is 12.2 Å². The van der Waals surface area contributed by atoms with Gasteiger partial charge < -0.3 is 15.4 Å². The van der Waals surface area contributed by atoms with Crippen LogP contribution in [-0.2, 0) is 19.3 Å². The summed E-state index contributed by atoms with van der Waals surface area (Å²) in [5.74, 6) is 0.249. The van der Waals surface area contributed by atoms with E-state index >= 15 is 0 Å². The summed E-state index contributed by atoms with van der Waals surface area (Å²) in [7, 11) is 0. The Kier molecular flexibility index (Phi) is 6.98. The highest BCUT2D eigenvalue weighted by Gasteiger charge is 2.30. The average Bonchev–Trinajstić information content (AvgIpc) is 2.63. The van der Waals surface area contributed by atoms with Crippen LogP contribution in [0.15, 0.2) is 48.5 Å². The number of benzene rings is 2. The molecule has 2 aromatic rings. The Bertz CT molecular complexity index is 765. The predicted octanol–water partition coefficient (Wildman–Crippen LogP) is 4.35. The first-order chi connectivity index (χ1) is 12.7. The second-order valence-corrected chi connectivity index (χ2v) is 5.58. The Labute approximate surface area is 152 Å². The van der Waals surface area contributed by atoms with Crippen molar-refractivity contribution in [2.45, 2.75) is 25.7 Å². The van der Waals surface area contributed by atoms with Crippen molar-refractivity contribution < 1.29 is 31.5 Å². The maximum absolute atomic E-state index is 12.7. The van der Waals surface area contributed by atoms with E-state index in [-0.39, 0.29) is 18.8 Å². The highest BCUT2D eigenvalue weighted by molar-refractivity contribution is 5.73. The Hall–Kier alpha value is -2.84. The third-order valence-electron chi connectivity index (χ3n) is 3.43. The fourth-order valence-corrected chi connectivity index (χ4v) is 2.19. The van der Waals surface area contributed by atoms with E-state index in [9.17, 15) is 26.7 Å². The van der Waals surface area contributed by atoms with Crippen LogP contribution in [0.25, 0.3) is 0 Å². The van der Waals surface area contributed by atoms with Crippen molar-refractivity contribution in [3.63, 3.8) is 0 Å². The van der Waals surface area contributed by atoms with Crippen molar-refractivity contribution in [1.82, 2.24) is 10.6 Å². The number of halogens is 5. The van der Waals surface area contributed by atoms with E-state index < -0.39 is 30.8 Å². The SMILES string of the molecule is O=C(NCc1cccc(OCC(F)F)c1)NCc1cccc(C(F)(F)F)c1. The fraction of sp³-hybridized carbons (Fsp3) is 0.278. The molecule has 0 unspecified atom stereocenters. The third-order valence-corrected chi connectivity index (χ3v) is 3.43. The zero-order chi connectivity index (χ0) is 19.9. The van der Waals surface area contributed by atoms with E-state index in [4.69, 9.17) is 4.74 Å². The molecule has 0 saturated heterocycles. The number of nitrogens with one attached hydrogen (secondary N) is 2. The van der Waals surface area contributed by atoms with E-state index in [0.717, 1.165) is 12.1 Å². The van der Waals surface area contributed by atoms with Crippen LogP contribution in [0, 0.1) is 0 Å². The van der Waals surface area contributed by atoms with Crippen LogP contribution in [0.4, 0.5) is 26.7 Å². The molecular weight excluding hydrogens is 371 g/mol. The van der Waals surface area contributed by atoms with E-state index in [1.165, 1.54) is 24.3 Å². The first kappa shape index (κ1) is 20.5. The van der Waals surface area contributed by atoms with Gasteiger partial charge in [0.15, 0.2) is 0 Å². The van der Waals surface area contributed by atoms with Gasteiger partial charge in [-0.05, 0) is 35.4 Å². The lowest BCUT2D eigenvalue weighted by atomic mass is 10.1. The predicted molar refractivity (Wildman–Crippen MR) is 88.5 cm³/mol. The number of hydrogen-bond donors (Lipinski definition) is 2. The Morgan fingerprint density at radius 3 is 2.15 bits per heavy atom. The van der Waals surface area contributed by atoms with E-state index in [0.29, 0.717) is 11.1 Å². The lowest BCUT2D eigenvalue weighted by Crippen LogP contribution is -2.34. The fourth-order valence-electron chi connectivity index (χ4n) is 2.19. The first-order valence-electron chi connectivity index (χ1n) is 7.92. The molecule has 146 valence electrons. The van der Waals surface area contributed by atoms with Crippen LogP contribution in [0.2, 0.25) is 0 Å². The molecule has 0 heterocycles. The van der Waals surface area contributed by atoms with Crippen LogP contribution < -0.4 is 15.4 Å². The van der Waals surface area contributed by atoms with E-state index in [1.807, 2.05) is 0 Å². The van der Waals surface area contributed by atoms with Crippen molar-refractivity contribution in [2.24, 2.45) is 0 Å². The summed E-state index contributed by atoms with van der Waals surface area (Å²) in [4.78, 5) is 11.8. The Morgan fingerprint density at radius 1 is 0.963 bits per heavy atom. The first-order valence-corrected chi connectivity index (χ1v) is 7.92. The summed E-state index contributed by atoms with van der Waals surface area (Å²) < 4.78 is 67.1. The third kappa shape index (κ3) is 7.12. The van der Waals surface area contributed by atoms with Gasteiger partial charge in [0, 0.05) is 13.1 Å². The molecule has 0 saturated carbocycles. The number of rotatable bonds is 7. The quantitative estimate of drug-likeness (QED) is 0.693. The molecule has 0 radical (unpaired) electrons. The molecule has 0 bridgehead atoms. The highest BCUT2D eigenvalue weighted by atomic mass is 19.4. The molecule has 2 rings (SSSR count). The van der Waals surface area contributed by atoms with Gasteiger partial charge in [0.25, 0.3) is 6.43 Å². The molecule has 2 N–H and O–H groups in total. The van der Waals surface area contributed by atoms with Crippen molar-refractivity contribution in [2.75, 3.05) is 6.61 Å². The number of carbonyl (C=O) groups is 1. The van der Waals surface area contributed by atoms with Crippen molar-refractivity contribution in [1.29, 1.82) is 0 Å². The topological polar surface area (TPSA) is 50.4 Å². The van der Waals surface area contributed by atoms with Crippen molar-refractivity contribution in [3.05, 3.63) is 65.2 Å². The van der Waals surface area contributed by atoms with E-state index in [2.05, 4.69) is 10.6 Å². The van der Waals surface area contributed by atoms with Crippen LogP contribution in [-0.4, -0.2) is 19.1 Å². The molecule has 0 fully saturated rings. The Morgan fingerprint density at radius 2 is 1.56 bits per heavy atom. The van der Waals surface area contributed by atoms with Gasteiger partial charge in [0.1, 0.15) is 12.4 Å². The molecule has 0 aliphatic carbocycles. The zero-order valence-corrected chi connectivity index (χ0v) is 14.0. The zero-order valence-electron chi connectivity index (χ0n) is 14.0. The number of ether oxygens (including phenoxy) is 1. The van der Waals surface area contributed by atoms with Gasteiger partial charge in [-0.2, -0.15) is 13.2 Å². The molecule has 0 aromatic heterocycles. The molecule has 4 nitrogen and oxygen atoms in total. The highest BCUT2D eigenvalue weighted by Crippen LogP contribution is 2.29. The van der Waals surface area contributed by atoms with Gasteiger partial charge in [-0.1, -0.05) is 24.3 Å². The smallest absolute Gasteiger partial charge is 0.416 e. The van der Waals surface area contributed by atoms with Crippen molar-refractivity contribution in [3.8, 4) is 5.75 Å². The molecule has 0 aliphatic rings. The lowest BCUT2D eigenvalue weighted by molar-refractivity contribution is -0.137. The molecule has 27 heavy (non-hydrogen) atoms. The monoisotopic (exact) mass is 388 g/mol. The van der Waals surface area contributed by atoms with Crippen LogP contribution >= 0.6 is 0 Å². The molecule has 0 aliphatic heterocycles. The second kappa shape index (κ2) is 9.20. The van der Waals surface area contributed by atoms with Gasteiger partial charge in [0.2, 0.25) is 0 Å². The number of urea groups is 1. The maximum atomic E-state index is 12.7. The summed E-state index contributed by atoms with van der Waals surface area (Å²) in [5, 5.41) is 4.98. The maximum Gasteiger partial charge on any atom is 0.416 e. The van der Waals surface area contributed by atoms with Gasteiger partial charge in [-0.25, -0.2) is 13.6 Å². The Balaban J connectivity index is 1.82. The van der Waals surface area contributed by atoms with E-state index in [1.54, 1.807) is 12.1 Å². The minimum Gasteiger partial charge on any atom is -0.488 e. The summed E-state index contributed by atoms with van der Waals surface area (Å²) in [6.07, 6.45) is -7.04. The molecular formula is C18H17F5N2O2. The number of hydrogen-bond acceptors (Lipinski definition) is 2. The second-order valence-electron chi connectivity index (χ2n) is 5.58. The van der Waals surface area contributed by atoms with Gasteiger partial charge in [-0.15, -0.1) is 0 Å². The van der Waals surface area contributed by atoms with Gasteiger partial charge in [0.05, 0.1) is 5.56 Å². The number of carbonyl (C=O) groups excluding carboxylic acids is 1. The average molecular weight is 388 g/mol. The standard InChI is InChI=1S/C18H17F5N2O2/c19-16(20)11-27-15-6-2-4-13(8-15)10-25-17(26)24-9-12-3-1-5-14(7-12)18(21,22)23/h1-8,16H,9-11H2,(H2,24,25,26). The summed E-state index contributed by atoms with van der Waals surface area (Å²) in [5.41, 5.74) is 0.140. The minimum absolute atomic E-state index is 0.0761. The van der Waals surface area contributed by atoms with Crippen LogP contribution in [0.5, 0.6) is 5.75 Å². The molecule has 2 amide bonds. The largest absolute Gasteiger partial charge is 0.488 e. The summed E-state index contributed by atoms with van der Waals surface area (Å²) >= 11 is 0.